The third-order valence-electron chi connectivity index (χ3n) is 5.08. The molecule has 0 saturated carbocycles. The van der Waals surface area contributed by atoms with Gasteiger partial charge < -0.3 is 14.3 Å². The van der Waals surface area contributed by atoms with Gasteiger partial charge in [0.25, 0.3) is 0 Å². The molecule has 0 amide bonds. The van der Waals surface area contributed by atoms with Crippen LogP contribution in [0.1, 0.15) is 22.3 Å². The van der Waals surface area contributed by atoms with Gasteiger partial charge in [0.1, 0.15) is 13.2 Å². The van der Waals surface area contributed by atoms with Crippen molar-refractivity contribution >= 4 is 17.0 Å². The zero-order valence-electron chi connectivity index (χ0n) is 17.7. The van der Waals surface area contributed by atoms with E-state index in [0.717, 1.165) is 16.7 Å². The number of oxime groups is 1. The average Bonchev–Trinajstić information content (AvgIpc) is 2.85. The van der Waals surface area contributed by atoms with E-state index in [1.54, 1.807) is 19.4 Å². The van der Waals surface area contributed by atoms with Gasteiger partial charge >= 0.3 is 0 Å². The first-order valence-corrected chi connectivity index (χ1v) is 10.2. The third-order valence-corrected chi connectivity index (χ3v) is 5.08. The highest BCUT2D eigenvalue weighted by molar-refractivity contribution is 5.85. The van der Waals surface area contributed by atoms with Crippen LogP contribution in [0.25, 0.3) is 10.8 Å². The van der Waals surface area contributed by atoms with Crippen molar-refractivity contribution in [3.05, 3.63) is 107 Å². The Hall–Kier alpha value is -4.30. The average molecular weight is 422 g/mol. The fourth-order valence-electron chi connectivity index (χ4n) is 3.42. The Balaban J connectivity index is 1.41. The Bertz CT molecular complexity index is 1290. The summed E-state index contributed by atoms with van der Waals surface area (Å²) in [6.45, 7) is 0.663. The number of ether oxygens (including phenoxy) is 2. The summed E-state index contributed by atoms with van der Waals surface area (Å²) in [6.07, 6.45) is 1.60. The molecule has 0 saturated heterocycles. The molecular formula is C27H22N2O3. The van der Waals surface area contributed by atoms with Gasteiger partial charge in [-0.2, -0.15) is 5.26 Å². The highest BCUT2D eigenvalue weighted by Crippen LogP contribution is 2.29. The summed E-state index contributed by atoms with van der Waals surface area (Å²) in [5.41, 5.74) is 3.30. The van der Waals surface area contributed by atoms with Gasteiger partial charge in [0.05, 0.1) is 25.0 Å². The minimum absolute atomic E-state index is 0.226. The lowest BCUT2D eigenvalue weighted by Crippen LogP contribution is -1.99. The highest BCUT2D eigenvalue weighted by atomic mass is 16.6. The zero-order chi connectivity index (χ0) is 22.2. The van der Waals surface area contributed by atoms with Crippen LogP contribution in [-0.2, 0) is 18.1 Å². The van der Waals surface area contributed by atoms with E-state index in [-0.39, 0.29) is 6.61 Å². The first-order chi connectivity index (χ1) is 15.8. The maximum Gasteiger partial charge on any atom is 0.161 e. The number of hydrogen-bond donors (Lipinski definition) is 0. The van der Waals surface area contributed by atoms with Crippen molar-refractivity contribution < 1.29 is 14.3 Å². The fourth-order valence-corrected chi connectivity index (χ4v) is 3.42. The molecule has 0 aromatic heterocycles. The van der Waals surface area contributed by atoms with Crippen molar-refractivity contribution in [3.63, 3.8) is 0 Å². The highest BCUT2D eigenvalue weighted by Gasteiger charge is 2.07. The van der Waals surface area contributed by atoms with Crippen molar-refractivity contribution in [1.29, 1.82) is 5.26 Å². The summed E-state index contributed by atoms with van der Waals surface area (Å²) in [4.78, 5) is 5.36. The Labute approximate surface area is 187 Å². The summed E-state index contributed by atoms with van der Waals surface area (Å²) in [6, 6.07) is 29.5. The molecule has 0 radical (unpaired) electrons. The number of nitriles is 1. The first-order valence-electron chi connectivity index (χ1n) is 10.2. The van der Waals surface area contributed by atoms with E-state index >= 15 is 0 Å². The maximum absolute atomic E-state index is 9.14. The van der Waals surface area contributed by atoms with Gasteiger partial charge in [-0.15, -0.1) is 0 Å². The molecule has 32 heavy (non-hydrogen) atoms. The molecule has 0 aliphatic carbocycles. The molecular weight excluding hydrogens is 400 g/mol. The normalized spacial score (nSPS) is 10.8. The van der Waals surface area contributed by atoms with Gasteiger partial charge in [0.2, 0.25) is 0 Å². The lowest BCUT2D eigenvalue weighted by molar-refractivity contribution is 0.132. The monoisotopic (exact) mass is 422 g/mol. The van der Waals surface area contributed by atoms with Crippen LogP contribution in [0, 0.1) is 11.3 Å². The summed E-state index contributed by atoms with van der Waals surface area (Å²) in [5, 5.41) is 15.5. The van der Waals surface area contributed by atoms with E-state index in [1.165, 1.54) is 10.8 Å². The minimum atomic E-state index is 0.226. The van der Waals surface area contributed by atoms with Crippen LogP contribution in [0.4, 0.5) is 0 Å². The molecule has 4 aromatic carbocycles. The Morgan fingerprint density at radius 2 is 1.62 bits per heavy atom. The standard InChI is InChI=1S/C27H22N2O3/c1-30-27-15-20(17-29-32-19-23-9-3-2-8-22(23)16-28)13-14-26(27)31-18-24-11-6-10-21-7-4-5-12-25(21)24/h2-15,17H,18-19H2,1H3/b29-17-. The maximum atomic E-state index is 9.14. The van der Waals surface area contributed by atoms with Crippen molar-refractivity contribution in [2.24, 2.45) is 5.16 Å². The lowest BCUT2D eigenvalue weighted by Gasteiger charge is -2.12. The van der Waals surface area contributed by atoms with Gasteiger partial charge in [-0.05, 0) is 40.6 Å². The third kappa shape index (κ3) is 4.88. The van der Waals surface area contributed by atoms with Crippen molar-refractivity contribution in [2.75, 3.05) is 7.11 Å². The number of hydrogen-bond acceptors (Lipinski definition) is 5. The molecule has 0 unspecified atom stereocenters. The smallest absolute Gasteiger partial charge is 0.161 e. The summed E-state index contributed by atoms with van der Waals surface area (Å²) < 4.78 is 11.6. The number of rotatable bonds is 8. The van der Waals surface area contributed by atoms with Gasteiger partial charge in [0, 0.05) is 11.1 Å². The van der Waals surface area contributed by atoms with E-state index in [9.17, 15) is 0 Å². The van der Waals surface area contributed by atoms with E-state index < -0.39 is 0 Å². The van der Waals surface area contributed by atoms with Crippen molar-refractivity contribution in [3.8, 4) is 17.6 Å². The Kier molecular flexibility index (Phi) is 6.64. The Morgan fingerprint density at radius 3 is 2.50 bits per heavy atom. The first kappa shape index (κ1) is 21.0. The molecule has 0 spiro atoms. The van der Waals surface area contributed by atoms with E-state index in [2.05, 4.69) is 35.5 Å². The molecule has 0 N–H and O–H groups in total. The predicted octanol–water partition coefficient (Wildman–Crippen LogP) is 5.85. The van der Waals surface area contributed by atoms with Crippen molar-refractivity contribution in [1.82, 2.24) is 0 Å². The van der Waals surface area contributed by atoms with Crippen LogP contribution in [0.15, 0.2) is 90.1 Å². The van der Waals surface area contributed by atoms with Gasteiger partial charge in [-0.25, -0.2) is 0 Å². The van der Waals surface area contributed by atoms with E-state index in [4.69, 9.17) is 19.6 Å². The molecule has 5 heteroatoms. The summed E-state index contributed by atoms with van der Waals surface area (Å²) >= 11 is 0. The molecule has 5 nitrogen and oxygen atoms in total. The van der Waals surface area contributed by atoms with Crippen molar-refractivity contribution in [2.45, 2.75) is 13.2 Å². The molecule has 0 atom stereocenters. The second-order valence-corrected chi connectivity index (χ2v) is 7.11. The van der Waals surface area contributed by atoms with Gasteiger partial charge in [-0.1, -0.05) is 65.8 Å². The number of methoxy groups -OCH3 is 1. The molecule has 0 bridgehead atoms. The molecule has 4 rings (SSSR count). The molecule has 0 aliphatic rings. The second-order valence-electron chi connectivity index (χ2n) is 7.11. The van der Waals surface area contributed by atoms with Gasteiger partial charge in [-0.3, -0.25) is 0 Å². The summed E-state index contributed by atoms with van der Waals surface area (Å²) in [5.74, 6) is 1.27. The van der Waals surface area contributed by atoms with Crippen LogP contribution in [0.3, 0.4) is 0 Å². The van der Waals surface area contributed by atoms with E-state index in [1.807, 2.05) is 54.6 Å². The zero-order valence-corrected chi connectivity index (χ0v) is 17.7. The topological polar surface area (TPSA) is 63.8 Å². The minimum Gasteiger partial charge on any atom is -0.493 e. The molecule has 158 valence electrons. The second kappa shape index (κ2) is 10.1. The van der Waals surface area contributed by atoms with Gasteiger partial charge in [0.15, 0.2) is 11.5 Å². The van der Waals surface area contributed by atoms with Crippen LogP contribution >= 0.6 is 0 Å². The van der Waals surface area contributed by atoms with Crippen LogP contribution in [0.2, 0.25) is 0 Å². The molecule has 4 aromatic rings. The molecule has 0 aliphatic heterocycles. The largest absolute Gasteiger partial charge is 0.493 e. The van der Waals surface area contributed by atoms with E-state index in [0.29, 0.717) is 23.7 Å². The predicted molar refractivity (Wildman–Crippen MR) is 125 cm³/mol. The summed E-state index contributed by atoms with van der Waals surface area (Å²) in [7, 11) is 1.61. The van der Waals surface area contributed by atoms with Crippen LogP contribution in [-0.4, -0.2) is 13.3 Å². The Morgan fingerprint density at radius 1 is 0.844 bits per heavy atom. The molecule has 0 fully saturated rings. The van der Waals surface area contributed by atoms with Crippen LogP contribution < -0.4 is 9.47 Å². The number of fused-ring (bicyclic) bond motifs is 1. The number of benzene rings is 4. The lowest BCUT2D eigenvalue weighted by atomic mass is 10.1. The molecule has 0 heterocycles. The quantitative estimate of drug-likeness (QED) is 0.264. The number of nitrogens with zero attached hydrogens (tertiary/aromatic N) is 2. The SMILES string of the molecule is COc1cc(/C=N\OCc2ccccc2C#N)ccc1OCc1cccc2ccccc12. The fraction of sp³-hybridized carbons (Fsp3) is 0.111. The van der Waals surface area contributed by atoms with Crippen LogP contribution in [0.5, 0.6) is 11.5 Å².